The van der Waals surface area contributed by atoms with E-state index >= 15 is 0 Å². The van der Waals surface area contributed by atoms with Gasteiger partial charge >= 0.3 is 5.97 Å². The molecule has 0 bridgehead atoms. The number of nitrogens with zero attached hydrogens (tertiary/aromatic N) is 1. The number of rotatable bonds is 3. The number of aliphatic carboxylic acids is 1. The molecular formula is C8H5NO5. The smallest absolute Gasteiger partial charge is 0.377 e. The van der Waals surface area contributed by atoms with Crippen molar-refractivity contribution in [2.75, 3.05) is 0 Å². The van der Waals surface area contributed by atoms with E-state index in [0.717, 1.165) is 0 Å². The van der Waals surface area contributed by atoms with Crippen LogP contribution in [0.25, 0.3) is 0 Å². The molecule has 0 aromatic heterocycles. The summed E-state index contributed by atoms with van der Waals surface area (Å²) in [5.74, 6) is -3.79. The summed E-state index contributed by atoms with van der Waals surface area (Å²) in [4.78, 5) is 31.2. The molecule has 14 heavy (non-hydrogen) atoms. The fraction of sp³-hybridized carbons (Fsp3) is 0. The van der Waals surface area contributed by atoms with Gasteiger partial charge in [0.25, 0.3) is 11.5 Å². The zero-order valence-corrected chi connectivity index (χ0v) is 6.53. The van der Waals surface area contributed by atoms with Crippen molar-refractivity contribution in [3.8, 4) is 0 Å². The SMILES string of the molecule is [2H]c1c([2H])c([2H])c([N+](=O)[O-])c([13C](=O)C(=O)O)c1[2H]. The van der Waals surface area contributed by atoms with E-state index in [1.54, 1.807) is 0 Å². The molecule has 1 rings (SSSR count). The van der Waals surface area contributed by atoms with Gasteiger partial charge in [0.15, 0.2) is 0 Å². The molecule has 0 saturated carbocycles. The molecule has 0 fully saturated rings. The average Bonchev–Trinajstić information content (AvgIpc) is 2.29. The first kappa shape index (κ1) is 5.48. The number of nitro benzene ring substituents is 1. The van der Waals surface area contributed by atoms with Crippen LogP contribution in [-0.2, 0) is 4.79 Å². The highest BCUT2D eigenvalue weighted by Gasteiger charge is 2.23. The topological polar surface area (TPSA) is 97.5 Å². The zero-order chi connectivity index (χ0) is 14.2. The summed E-state index contributed by atoms with van der Waals surface area (Å²) in [6, 6.07) is -3.93. The van der Waals surface area contributed by atoms with E-state index < -0.39 is 52.1 Å². The highest BCUT2D eigenvalue weighted by Crippen LogP contribution is 2.17. The number of benzene rings is 1. The van der Waals surface area contributed by atoms with E-state index in [9.17, 15) is 19.7 Å². The molecular weight excluding hydrogens is 191 g/mol. The normalized spacial score (nSPS) is 13.4. The van der Waals surface area contributed by atoms with Gasteiger partial charge in [-0.25, -0.2) is 4.79 Å². The van der Waals surface area contributed by atoms with Gasteiger partial charge in [0.05, 0.1) is 10.4 Å². The van der Waals surface area contributed by atoms with Gasteiger partial charge in [-0.1, -0.05) is 12.1 Å². The Bertz CT molecular complexity index is 586. The van der Waals surface area contributed by atoms with Gasteiger partial charge in [0.1, 0.15) is 5.56 Å². The predicted molar refractivity (Wildman–Crippen MR) is 45.1 cm³/mol. The van der Waals surface area contributed by atoms with Gasteiger partial charge in [-0.05, 0) is 6.04 Å². The van der Waals surface area contributed by atoms with Crippen LogP contribution in [0.5, 0.6) is 0 Å². The predicted octanol–water partition coefficient (Wildman–Crippen LogP) is 0.862. The Balaban J connectivity index is 3.84. The molecule has 0 amide bonds. The molecule has 1 N–H and O–H groups in total. The minimum absolute atomic E-state index is 0.907. The number of carbonyl (C=O) groups excluding carboxylic acids is 1. The lowest BCUT2D eigenvalue weighted by Crippen LogP contribution is -2.14. The Morgan fingerprint density at radius 1 is 1.43 bits per heavy atom. The van der Waals surface area contributed by atoms with Crippen molar-refractivity contribution < 1.29 is 25.1 Å². The summed E-state index contributed by atoms with van der Waals surface area (Å²) in [6.45, 7) is 0. The summed E-state index contributed by atoms with van der Waals surface area (Å²) in [7, 11) is 0. The first-order chi connectivity index (χ1) is 8.20. The van der Waals surface area contributed by atoms with Gasteiger partial charge in [-0.2, -0.15) is 0 Å². The number of para-hydroxylation sites is 1. The first-order valence-corrected chi connectivity index (χ1v) is 3.22. The maximum Gasteiger partial charge on any atom is 0.377 e. The molecule has 0 unspecified atom stereocenters. The van der Waals surface area contributed by atoms with Crippen LogP contribution in [0.3, 0.4) is 0 Å². The van der Waals surface area contributed by atoms with Crippen LogP contribution in [0.15, 0.2) is 24.2 Å². The van der Waals surface area contributed by atoms with Crippen molar-refractivity contribution in [2.45, 2.75) is 0 Å². The molecule has 1 aromatic rings. The monoisotopic (exact) mass is 200 g/mol. The number of ketones is 1. The number of carboxylic acids is 1. The number of carboxylic acid groups (broad SMARTS) is 1. The van der Waals surface area contributed by atoms with E-state index in [1.807, 2.05) is 0 Å². The van der Waals surface area contributed by atoms with Crippen LogP contribution in [0.2, 0.25) is 0 Å². The number of Topliss-reactive ketones (excluding diaryl/α,β-unsaturated/α-hetero) is 1. The minimum atomic E-state index is -2.04. The third kappa shape index (κ3) is 1.74. The summed E-state index contributed by atoms with van der Waals surface area (Å²) >= 11 is 0. The molecule has 0 atom stereocenters. The summed E-state index contributed by atoms with van der Waals surface area (Å²) in [5, 5.41) is 19.2. The Hall–Kier alpha value is -2.24. The zero-order valence-electron chi connectivity index (χ0n) is 10.5. The molecule has 0 aliphatic rings. The summed E-state index contributed by atoms with van der Waals surface area (Å²) in [6.07, 6.45) is 0. The second-order valence-electron chi connectivity index (χ2n) is 2.11. The van der Waals surface area contributed by atoms with E-state index in [0.29, 0.717) is 0 Å². The third-order valence-electron chi connectivity index (χ3n) is 1.27. The third-order valence-corrected chi connectivity index (χ3v) is 1.27. The molecule has 0 radical (unpaired) electrons. The number of nitro groups is 1. The lowest BCUT2D eigenvalue weighted by Gasteiger charge is -1.96. The lowest BCUT2D eigenvalue weighted by molar-refractivity contribution is -0.385. The number of carbonyl (C=O) groups is 2. The van der Waals surface area contributed by atoms with Crippen molar-refractivity contribution in [3.63, 3.8) is 0 Å². The second-order valence-corrected chi connectivity index (χ2v) is 2.11. The first-order valence-electron chi connectivity index (χ1n) is 5.22. The fourth-order valence-corrected chi connectivity index (χ4v) is 0.714. The van der Waals surface area contributed by atoms with Crippen molar-refractivity contribution in [1.82, 2.24) is 0 Å². The summed E-state index contributed by atoms with van der Waals surface area (Å²) < 4.78 is 29.0. The highest BCUT2D eigenvalue weighted by molar-refractivity contribution is 6.40. The molecule has 0 heterocycles. The van der Waals surface area contributed by atoms with Crippen molar-refractivity contribution >= 4 is 17.4 Å². The van der Waals surface area contributed by atoms with Crippen molar-refractivity contribution in [2.24, 2.45) is 0 Å². The fourth-order valence-electron chi connectivity index (χ4n) is 0.714. The summed E-state index contributed by atoms with van der Waals surface area (Å²) in [5.41, 5.74) is -2.40. The standard InChI is InChI=1S/C8H5NO5/c10-7(8(11)12)5-3-1-2-4-6(5)9(13)14/h1-4H,(H,11,12)/i1D,2D,3D,4D,7+1. The van der Waals surface area contributed by atoms with E-state index in [1.165, 1.54) is 0 Å². The van der Waals surface area contributed by atoms with Gasteiger partial charge in [-0.3, -0.25) is 14.9 Å². The van der Waals surface area contributed by atoms with Crippen molar-refractivity contribution in [1.29, 1.82) is 0 Å². The largest absolute Gasteiger partial charge is 0.475 e. The van der Waals surface area contributed by atoms with Crippen molar-refractivity contribution in [3.05, 3.63) is 39.8 Å². The molecule has 72 valence electrons. The van der Waals surface area contributed by atoms with Crippen LogP contribution >= 0.6 is 0 Å². The quantitative estimate of drug-likeness (QED) is 0.256. The number of hydrogen-bond donors (Lipinski definition) is 1. The Morgan fingerprint density at radius 3 is 2.50 bits per heavy atom. The molecule has 0 aliphatic carbocycles. The average molecular weight is 200 g/mol. The molecule has 1 aromatic carbocycles. The van der Waals surface area contributed by atoms with Gasteiger partial charge in [0, 0.05) is 6.04 Å². The molecule has 6 heteroatoms. The van der Waals surface area contributed by atoms with Gasteiger partial charge < -0.3 is 5.11 Å². The molecule has 0 saturated heterocycles. The molecule has 0 aliphatic heterocycles. The lowest BCUT2D eigenvalue weighted by atomic mass is 10.2. The Kier molecular flexibility index (Phi) is 1.43. The maximum absolute atomic E-state index is 11.3. The van der Waals surface area contributed by atoms with E-state index in [2.05, 4.69) is 0 Å². The molecule has 0 spiro atoms. The van der Waals surface area contributed by atoms with Crippen LogP contribution in [0, 0.1) is 10.1 Å². The Morgan fingerprint density at radius 2 is 2.00 bits per heavy atom. The van der Waals surface area contributed by atoms with Crippen LogP contribution < -0.4 is 0 Å². The maximum atomic E-state index is 11.3. The van der Waals surface area contributed by atoms with Gasteiger partial charge in [-0.15, -0.1) is 0 Å². The number of hydrogen-bond acceptors (Lipinski definition) is 4. The Labute approximate surface area is 83.6 Å². The molecule has 6 nitrogen and oxygen atoms in total. The van der Waals surface area contributed by atoms with Gasteiger partial charge in [0.2, 0.25) is 0 Å². The second kappa shape index (κ2) is 3.65. The minimum Gasteiger partial charge on any atom is -0.475 e. The van der Waals surface area contributed by atoms with E-state index in [-0.39, 0.29) is 0 Å². The van der Waals surface area contributed by atoms with Crippen LogP contribution in [0.4, 0.5) is 5.69 Å². The van der Waals surface area contributed by atoms with E-state index in [4.69, 9.17) is 10.6 Å². The van der Waals surface area contributed by atoms with Crippen LogP contribution in [-0.4, -0.2) is 21.8 Å². The van der Waals surface area contributed by atoms with Crippen LogP contribution in [0.1, 0.15) is 15.8 Å². The highest BCUT2D eigenvalue weighted by atomic mass is 16.6.